The minimum atomic E-state index is -2.16. The summed E-state index contributed by atoms with van der Waals surface area (Å²) in [6, 6.07) is 34.6. The topological polar surface area (TPSA) is 51.8 Å². The largest absolute Gasteiger partial charge is 0.486 e. The van der Waals surface area contributed by atoms with Crippen LogP contribution < -0.4 is 5.19 Å². The van der Waals surface area contributed by atoms with Gasteiger partial charge in [-0.3, -0.25) is 0 Å². The van der Waals surface area contributed by atoms with Gasteiger partial charge in [-0.15, -0.1) is 53.6 Å². The van der Waals surface area contributed by atoms with Crippen molar-refractivity contribution in [2.24, 2.45) is 5.92 Å². The maximum absolute atomic E-state index is 8.59. The summed E-state index contributed by atoms with van der Waals surface area (Å²) >= 11 is 0. The Balaban J connectivity index is 0.000000212. The van der Waals surface area contributed by atoms with Gasteiger partial charge in [0.25, 0.3) is 0 Å². The number of aryl methyl sites for hydroxylation is 1. The molecule has 0 aliphatic rings. The standard InChI is InChI=1S/C25H19N2O.C19H26NSi.Ir/c1-16(2)18-13-14-26-23(15-18)21-10-6-9-19-20-11-12-22(17-7-4-3-5-8-17)27-25(20)28-24(19)21;1-14(2)11-17-12-18(16-9-7-15(3)8-10-16)20-13-19(17)21(4,5)6;/h3-9,11-16H,1-2H3;7-9,12-14H,11H2,1-6H3;/q2*-1;/i16D;3D3,11D2;. The number of rotatable bonds is 7. The van der Waals surface area contributed by atoms with E-state index in [1.165, 1.54) is 6.07 Å². The van der Waals surface area contributed by atoms with Crippen molar-refractivity contribution in [1.82, 2.24) is 15.0 Å². The quantitative estimate of drug-likeness (QED) is 0.118. The zero-order valence-electron chi connectivity index (χ0n) is 35.5. The minimum Gasteiger partial charge on any atom is -0.486 e. The molecule has 0 saturated carbocycles. The number of hydrogen-bond acceptors (Lipinski definition) is 4. The third-order valence-electron chi connectivity index (χ3n) is 8.21. The van der Waals surface area contributed by atoms with Crippen molar-refractivity contribution >= 4 is 35.3 Å². The van der Waals surface area contributed by atoms with Gasteiger partial charge in [-0.25, -0.2) is 4.98 Å². The van der Waals surface area contributed by atoms with Gasteiger partial charge < -0.3 is 14.4 Å². The molecular formula is C44H45IrN3OSi-2. The van der Waals surface area contributed by atoms with Gasteiger partial charge in [0, 0.05) is 51.7 Å². The van der Waals surface area contributed by atoms with Crippen LogP contribution in [0.4, 0.5) is 0 Å². The Morgan fingerprint density at radius 1 is 0.860 bits per heavy atom. The molecule has 0 aliphatic carbocycles. The minimum absolute atomic E-state index is 0. The summed E-state index contributed by atoms with van der Waals surface area (Å²) in [5.41, 5.74) is 7.86. The molecule has 7 rings (SSSR count). The summed E-state index contributed by atoms with van der Waals surface area (Å²) in [5, 5.41) is 2.96. The molecule has 7 aromatic rings. The third-order valence-corrected chi connectivity index (χ3v) is 10.2. The number of benzene rings is 3. The molecule has 0 amide bonds. The van der Waals surface area contributed by atoms with Crippen LogP contribution in [0.25, 0.3) is 55.8 Å². The van der Waals surface area contributed by atoms with E-state index in [2.05, 4.69) is 47.8 Å². The Morgan fingerprint density at radius 3 is 2.34 bits per heavy atom. The fourth-order valence-electron chi connectivity index (χ4n) is 5.68. The molecule has 0 fully saturated rings. The van der Waals surface area contributed by atoms with E-state index in [0.717, 1.165) is 44.0 Å². The van der Waals surface area contributed by atoms with Crippen molar-refractivity contribution in [3.63, 3.8) is 0 Å². The van der Waals surface area contributed by atoms with Crippen molar-refractivity contribution in [1.29, 1.82) is 0 Å². The average molecular weight is 858 g/mol. The fourth-order valence-corrected chi connectivity index (χ4v) is 7.08. The summed E-state index contributed by atoms with van der Waals surface area (Å²) in [6.45, 7) is 11.9. The summed E-state index contributed by atoms with van der Waals surface area (Å²) in [5.74, 6) is -0.874. The zero-order valence-corrected chi connectivity index (χ0v) is 32.9. The first-order valence-electron chi connectivity index (χ1n) is 19.5. The van der Waals surface area contributed by atoms with E-state index in [-0.39, 0.29) is 31.6 Å². The molecule has 0 atom stereocenters. The maximum atomic E-state index is 8.59. The number of fused-ring (bicyclic) bond motifs is 3. The second-order valence-electron chi connectivity index (χ2n) is 13.7. The first-order valence-corrected chi connectivity index (χ1v) is 20.0. The van der Waals surface area contributed by atoms with Crippen LogP contribution in [0, 0.1) is 24.9 Å². The predicted molar refractivity (Wildman–Crippen MR) is 208 cm³/mol. The smallest absolute Gasteiger partial charge is 0.216 e. The molecule has 0 saturated heterocycles. The normalized spacial score (nSPS) is 14.0. The second kappa shape index (κ2) is 15.8. The van der Waals surface area contributed by atoms with Gasteiger partial charge in [0.1, 0.15) is 0 Å². The van der Waals surface area contributed by atoms with Crippen LogP contribution in [0.15, 0.2) is 108 Å². The van der Waals surface area contributed by atoms with E-state index in [1.54, 1.807) is 24.5 Å². The van der Waals surface area contributed by atoms with Crippen molar-refractivity contribution in [3.8, 4) is 33.8 Å². The summed E-state index contributed by atoms with van der Waals surface area (Å²) in [7, 11) is -1.78. The molecule has 0 N–H and O–H groups in total. The molecule has 0 bridgehead atoms. The molecule has 4 nitrogen and oxygen atoms in total. The van der Waals surface area contributed by atoms with Crippen LogP contribution in [0.2, 0.25) is 19.6 Å². The first-order chi connectivity index (χ1) is 25.7. The molecule has 1 radical (unpaired) electrons. The molecule has 3 aromatic carbocycles. The van der Waals surface area contributed by atoms with Crippen molar-refractivity contribution in [3.05, 3.63) is 132 Å². The van der Waals surface area contributed by atoms with E-state index in [1.807, 2.05) is 94.4 Å². The van der Waals surface area contributed by atoms with Crippen molar-refractivity contribution in [2.45, 2.75) is 66.5 Å². The van der Waals surface area contributed by atoms with E-state index >= 15 is 0 Å². The van der Waals surface area contributed by atoms with Gasteiger partial charge in [-0.1, -0.05) is 119 Å². The third kappa shape index (κ3) is 8.38. The van der Waals surface area contributed by atoms with Gasteiger partial charge in [0.15, 0.2) is 0 Å². The van der Waals surface area contributed by atoms with Crippen LogP contribution in [0.1, 0.15) is 58.5 Å². The van der Waals surface area contributed by atoms with Crippen LogP contribution in [-0.2, 0) is 26.5 Å². The number of furan rings is 1. The number of pyridine rings is 3. The fraction of sp³-hybridized carbons (Fsp3) is 0.250. The molecule has 4 heterocycles. The molecule has 0 spiro atoms. The van der Waals surface area contributed by atoms with Crippen LogP contribution in [-0.4, -0.2) is 23.0 Å². The van der Waals surface area contributed by atoms with E-state index in [0.29, 0.717) is 28.1 Å². The SMILES string of the molecule is [2H]C(C)(C)c1ccnc(-c2[c-]ccc3c2oc2nc(-c4ccccc4)ccc23)c1.[2H]C([2H])([2H])c1c[c-]c(-c2cc(C([2H])([2H])C(C)C)c([Si](C)(C)C)cn2)cc1.[Ir]. The molecule has 6 heteroatoms. The number of nitrogens with zero attached hydrogens (tertiary/aromatic N) is 3. The van der Waals surface area contributed by atoms with Crippen molar-refractivity contribution in [2.75, 3.05) is 0 Å². The van der Waals surface area contributed by atoms with Crippen LogP contribution in [0.3, 0.4) is 0 Å². The van der Waals surface area contributed by atoms with Gasteiger partial charge >= 0.3 is 0 Å². The van der Waals surface area contributed by atoms with Crippen LogP contribution >= 0.6 is 0 Å². The Morgan fingerprint density at radius 2 is 1.66 bits per heavy atom. The van der Waals surface area contributed by atoms with E-state index < -0.39 is 27.2 Å². The number of hydrogen-bond donors (Lipinski definition) is 0. The van der Waals surface area contributed by atoms with Gasteiger partial charge in [-0.2, -0.15) is 0 Å². The number of aromatic nitrogens is 3. The molecule has 4 aromatic heterocycles. The Kier molecular flexibility index (Phi) is 9.30. The first kappa shape index (κ1) is 29.5. The molecule has 257 valence electrons. The maximum Gasteiger partial charge on any atom is 0.216 e. The zero-order chi connectivity index (χ0) is 39.9. The van der Waals surface area contributed by atoms with Gasteiger partial charge in [0.05, 0.1) is 19.4 Å². The van der Waals surface area contributed by atoms with Gasteiger partial charge in [-0.05, 0) is 53.0 Å². The molecular weight excluding hydrogens is 807 g/mol. The Hall–Kier alpha value is -4.22. The molecule has 0 unspecified atom stereocenters. The van der Waals surface area contributed by atoms with Crippen molar-refractivity contribution < 1.29 is 32.7 Å². The van der Waals surface area contributed by atoms with E-state index in [9.17, 15) is 0 Å². The van der Waals surface area contributed by atoms with Gasteiger partial charge in [0.2, 0.25) is 5.71 Å². The summed E-state index contributed by atoms with van der Waals surface area (Å²) in [4.78, 5) is 13.8. The van der Waals surface area contributed by atoms with Crippen LogP contribution in [0.5, 0.6) is 0 Å². The monoisotopic (exact) mass is 858 g/mol. The average Bonchev–Trinajstić information content (AvgIpc) is 3.52. The predicted octanol–water partition coefficient (Wildman–Crippen LogP) is 11.2. The van der Waals surface area contributed by atoms with E-state index in [4.69, 9.17) is 17.6 Å². The second-order valence-corrected chi connectivity index (χ2v) is 18.7. The molecule has 0 aliphatic heterocycles. The Labute approximate surface area is 320 Å². The summed E-state index contributed by atoms with van der Waals surface area (Å²) < 4.78 is 54.1. The summed E-state index contributed by atoms with van der Waals surface area (Å²) in [6.07, 6.45) is 2.07. The molecule has 50 heavy (non-hydrogen) atoms. The Bertz CT molecular complexity index is 2450.